The number of halogens is 6. The molecule has 0 bridgehead atoms. The lowest BCUT2D eigenvalue weighted by Gasteiger charge is -2.19. The summed E-state index contributed by atoms with van der Waals surface area (Å²) < 4.78 is 82.7. The Balaban J connectivity index is 2.86. The Morgan fingerprint density at radius 2 is 0.808 bits per heavy atom. The Kier molecular flexibility index (Phi) is 5.64. The minimum Gasteiger partial charge on any atom is -0.204 e. The first-order valence-electron chi connectivity index (χ1n) is 7.71. The van der Waals surface area contributed by atoms with Gasteiger partial charge in [0.05, 0.1) is 0 Å². The van der Waals surface area contributed by atoms with Gasteiger partial charge >= 0.3 is 0 Å². The van der Waals surface area contributed by atoms with E-state index in [4.69, 9.17) is 0 Å². The van der Waals surface area contributed by atoms with Crippen LogP contribution in [0.2, 0.25) is 0 Å². The molecule has 0 N–H and O–H groups in total. The standard InChI is InChI=1S/C20H16F6/c1-9(2)15(11-5-7-13(21)19(25)17(11)23)16(10(3)4)12-6-8-14(22)20(26)18(12)24/h5-8H,1-4H3. The van der Waals surface area contributed by atoms with Crippen molar-refractivity contribution >= 4 is 11.1 Å². The van der Waals surface area contributed by atoms with Crippen LogP contribution in [0, 0.1) is 34.9 Å². The molecule has 0 saturated carbocycles. The molecule has 0 atom stereocenters. The van der Waals surface area contributed by atoms with Crippen molar-refractivity contribution in [2.45, 2.75) is 27.7 Å². The highest BCUT2D eigenvalue weighted by Gasteiger charge is 2.25. The summed E-state index contributed by atoms with van der Waals surface area (Å²) >= 11 is 0. The highest BCUT2D eigenvalue weighted by atomic mass is 19.2. The van der Waals surface area contributed by atoms with Gasteiger partial charge < -0.3 is 0 Å². The van der Waals surface area contributed by atoms with Crippen molar-refractivity contribution in [3.63, 3.8) is 0 Å². The molecule has 0 aromatic heterocycles. The molecule has 0 fully saturated rings. The minimum absolute atomic E-state index is 0.0753. The molecule has 2 aromatic rings. The van der Waals surface area contributed by atoms with Gasteiger partial charge in [-0.25, -0.2) is 26.3 Å². The van der Waals surface area contributed by atoms with Crippen LogP contribution in [0.3, 0.4) is 0 Å². The van der Waals surface area contributed by atoms with Crippen LogP contribution in [0.25, 0.3) is 11.1 Å². The molecule has 0 aliphatic carbocycles. The fourth-order valence-corrected chi connectivity index (χ4v) is 2.75. The molecule has 0 aliphatic rings. The van der Waals surface area contributed by atoms with E-state index in [1.807, 2.05) is 0 Å². The molecule has 0 saturated heterocycles. The van der Waals surface area contributed by atoms with Gasteiger partial charge in [0.1, 0.15) is 0 Å². The van der Waals surface area contributed by atoms with E-state index in [-0.39, 0.29) is 22.3 Å². The normalized spacial score (nSPS) is 10.7. The lowest BCUT2D eigenvalue weighted by Crippen LogP contribution is -2.05. The van der Waals surface area contributed by atoms with E-state index in [1.54, 1.807) is 27.7 Å². The van der Waals surface area contributed by atoms with Crippen molar-refractivity contribution in [3.05, 3.63) is 81.4 Å². The van der Waals surface area contributed by atoms with E-state index in [0.717, 1.165) is 24.3 Å². The maximum Gasteiger partial charge on any atom is 0.195 e. The van der Waals surface area contributed by atoms with Gasteiger partial charge in [-0.3, -0.25) is 0 Å². The van der Waals surface area contributed by atoms with Gasteiger partial charge in [0.25, 0.3) is 0 Å². The average Bonchev–Trinajstić information content (AvgIpc) is 2.57. The molecule has 26 heavy (non-hydrogen) atoms. The summed E-state index contributed by atoms with van der Waals surface area (Å²) in [7, 11) is 0. The number of hydrogen-bond acceptors (Lipinski definition) is 0. The average molecular weight is 370 g/mol. The van der Waals surface area contributed by atoms with Gasteiger partial charge in [-0.15, -0.1) is 0 Å². The topological polar surface area (TPSA) is 0 Å². The zero-order valence-electron chi connectivity index (χ0n) is 14.6. The van der Waals surface area contributed by atoms with Crippen molar-refractivity contribution in [1.29, 1.82) is 0 Å². The van der Waals surface area contributed by atoms with Crippen LogP contribution in [0.15, 0.2) is 35.4 Å². The molecule has 2 rings (SSSR count). The molecule has 0 spiro atoms. The van der Waals surface area contributed by atoms with E-state index < -0.39 is 34.9 Å². The second kappa shape index (κ2) is 7.40. The fourth-order valence-electron chi connectivity index (χ4n) is 2.75. The molecule has 0 unspecified atom stereocenters. The van der Waals surface area contributed by atoms with Crippen molar-refractivity contribution in [2.24, 2.45) is 0 Å². The van der Waals surface area contributed by atoms with Gasteiger partial charge in [0.15, 0.2) is 34.9 Å². The molecule has 0 nitrogen and oxygen atoms in total. The van der Waals surface area contributed by atoms with Crippen LogP contribution in [-0.2, 0) is 0 Å². The first-order chi connectivity index (χ1) is 12.1. The zero-order chi connectivity index (χ0) is 19.8. The lowest BCUT2D eigenvalue weighted by molar-refractivity contribution is 0.445. The first-order valence-corrected chi connectivity index (χ1v) is 7.71. The molecular formula is C20H16F6. The lowest BCUT2D eigenvalue weighted by atomic mass is 9.86. The highest BCUT2D eigenvalue weighted by molar-refractivity contribution is 6.07. The van der Waals surface area contributed by atoms with E-state index >= 15 is 0 Å². The van der Waals surface area contributed by atoms with Crippen LogP contribution in [0.4, 0.5) is 26.3 Å². The largest absolute Gasteiger partial charge is 0.204 e. The van der Waals surface area contributed by atoms with Gasteiger partial charge in [0.2, 0.25) is 0 Å². The highest BCUT2D eigenvalue weighted by Crippen LogP contribution is 2.39. The van der Waals surface area contributed by atoms with Crippen LogP contribution >= 0.6 is 0 Å². The van der Waals surface area contributed by atoms with E-state index in [0.29, 0.717) is 11.1 Å². The second-order valence-corrected chi connectivity index (χ2v) is 6.20. The molecule has 0 aliphatic heterocycles. The van der Waals surface area contributed by atoms with E-state index in [2.05, 4.69) is 0 Å². The summed E-state index contributed by atoms with van der Waals surface area (Å²) in [6.45, 7) is 6.26. The van der Waals surface area contributed by atoms with Crippen molar-refractivity contribution in [1.82, 2.24) is 0 Å². The Morgan fingerprint density at radius 1 is 0.500 bits per heavy atom. The number of allylic oxidation sites excluding steroid dienone is 4. The third kappa shape index (κ3) is 3.41. The van der Waals surface area contributed by atoms with Crippen molar-refractivity contribution < 1.29 is 26.3 Å². The summed E-state index contributed by atoms with van der Waals surface area (Å²) in [5, 5.41) is 0. The fraction of sp³-hybridized carbons (Fsp3) is 0.200. The van der Waals surface area contributed by atoms with Crippen LogP contribution in [-0.4, -0.2) is 0 Å². The Hall–Kier alpha value is -2.50. The predicted octanol–water partition coefficient (Wildman–Crippen LogP) is 6.81. The Bertz CT molecular complexity index is 852. The maximum absolute atomic E-state index is 14.4. The van der Waals surface area contributed by atoms with Crippen LogP contribution < -0.4 is 0 Å². The Morgan fingerprint density at radius 3 is 1.08 bits per heavy atom. The molecule has 138 valence electrons. The van der Waals surface area contributed by atoms with E-state index in [1.165, 1.54) is 0 Å². The van der Waals surface area contributed by atoms with E-state index in [9.17, 15) is 26.3 Å². The summed E-state index contributed by atoms with van der Waals surface area (Å²) in [6.07, 6.45) is 0. The quantitative estimate of drug-likeness (QED) is 0.316. The number of hydrogen-bond donors (Lipinski definition) is 0. The Labute approximate surface area is 147 Å². The summed E-state index contributed by atoms with van der Waals surface area (Å²) in [5.74, 6) is -8.94. The third-order valence-corrected chi connectivity index (χ3v) is 3.86. The molecule has 2 aromatic carbocycles. The van der Waals surface area contributed by atoms with Crippen LogP contribution in [0.5, 0.6) is 0 Å². The zero-order valence-corrected chi connectivity index (χ0v) is 14.6. The second-order valence-electron chi connectivity index (χ2n) is 6.20. The van der Waals surface area contributed by atoms with Gasteiger partial charge in [0, 0.05) is 11.1 Å². The minimum atomic E-state index is -1.67. The van der Waals surface area contributed by atoms with Crippen molar-refractivity contribution in [3.8, 4) is 0 Å². The monoisotopic (exact) mass is 370 g/mol. The molecule has 0 radical (unpaired) electrons. The predicted molar refractivity (Wildman–Crippen MR) is 89.2 cm³/mol. The summed E-state index contributed by atoms with van der Waals surface area (Å²) in [4.78, 5) is 0. The summed E-state index contributed by atoms with van der Waals surface area (Å²) in [6, 6.07) is 3.55. The van der Waals surface area contributed by atoms with Crippen LogP contribution in [0.1, 0.15) is 38.8 Å². The number of rotatable bonds is 3. The van der Waals surface area contributed by atoms with Gasteiger partial charge in [-0.1, -0.05) is 11.1 Å². The molecule has 0 heterocycles. The molecule has 6 heteroatoms. The smallest absolute Gasteiger partial charge is 0.195 e. The van der Waals surface area contributed by atoms with Gasteiger partial charge in [-0.2, -0.15) is 0 Å². The van der Waals surface area contributed by atoms with Gasteiger partial charge in [-0.05, 0) is 63.1 Å². The first kappa shape index (κ1) is 19.8. The third-order valence-electron chi connectivity index (χ3n) is 3.86. The SMILES string of the molecule is CC(C)=C(C(=C(C)C)c1ccc(F)c(F)c1F)c1ccc(F)c(F)c1F. The molecular weight excluding hydrogens is 354 g/mol. The molecule has 0 amide bonds. The number of benzene rings is 2. The van der Waals surface area contributed by atoms with Crippen molar-refractivity contribution in [2.75, 3.05) is 0 Å². The summed E-state index contributed by atoms with van der Waals surface area (Å²) in [5.41, 5.74) is 0.455. The maximum atomic E-state index is 14.4.